The van der Waals surface area contributed by atoms with E-state index in [1.54, 1.807) is 12.1 Å². The monoisotopic (exact) mass is 314 g/mol. The van der Waals surface area contributed by atoms with Gasteiger partial charge in [0.05, 0.1) is 12.7 Å². The molecule has 0 aliphatic carbocycles. The molecule has 0 radical (unpaired) electrons. The number of aromatic amines is 1. The minimum Gasteiger partial charge on any atom is -0.461 e. The molecule has 6 nitrogen and oxygen atoms in total. The van der Waals surface area contributed by atoms with Crippen LogP contribution in [0.2, 0.25) is 0 Å². The van der Waals surface area contributed by atoms with Crippen molar-refractivity contribution < 1.29 is 9.21 Å². The summed E-state index contributed by atoms with van der Waals surface area (Å²) in [5.41, 5.74) is 4.81. The van der Waals surface area contributed by atoms with Gasteiger partial charge in [-0.15, -0.1) is 5.10 Å². The maximum atomic E-state index is 12.2. The first-order valence-corrected chi connectivity index (χ1v) is 7.11. The van der Waals surface area contributed by atoms with Gasteiger partial charge in [0, 0.05) is 0 Å². The predicted molar refractivity (Wildman–Crippen MR) is 84.4 cm³/mol. The molecular formula is C15H14N4O2S. The van der Waals surface area contributed by atoms with E-state index < -0.39 is 0 Å². The zero-order chi connectivity index (χ0) is 15.5. The van der Waals surface area contributed by atoms with E-state index in [4.69, 9.17) is 16.6 Å². The second kappa shape index (κ2) is 5.98. The molecule has 1 aromatic carbocycles. The van der Waals surface area contributed by atoms with Crippen LogP contribution < -0.4 is 5.43 Å². The van der Waals surface area contributed by atoms with Crippen LogP contribution in [0.3, 0.4) is 0 Å². The van der Waals surface area contributed by atoms with Gasteiger partial charge >= 0.3 is 0 Å². The molecule has 0 aliphatic rings. The van der Waals surface area contributed by atoms with E-state index in [1.807, 2.05) is 31.2 Å². The Bertz CT molecular complexity index is 831. The standard InChI is InChI=1S/C15H14N4O2S/c1-10-4-6-11(7-5-10)9-13(20)18-19-14(16-17-15(19)22)12-3-2-8-21-12/h2-8H,9H2,1H3,(H,17,22)(H,18,20). The fraction of sp³-hybridized carbons (Fsp3) is 0.133. The number of nitrogens with zero attached hydrogens (tertiary/aromatic N) is 2. The first-order chi connectivity index (χ1) is 10.6. The highest BCUT2D eigenvalue weighted by Crippen LogP contribution is 2.16. The first kappa shape index (κ1) is 14.3. The topological polar surface area (TPSA) is 75.8 Å². The van der Waals surface area contributed by atoms with Crippen molar-refractivity contribution in [2.75, 3.05) is 5.43 Å². The SMILES string of the molecule is Cc1ccc(CC(=O)Nn2c(-c3ccco3)n[nH]c2=S)cc1. The number of benzene rings is 1. The van der Waals surface area contributed by atoms with Crippen LogP contribution in [-0.4, -0.2) is 20.8 Å². The molecule has 0 unspecified atom stereocenters. The molecule has 2 aromatic heterocycles. The van der Waals surface area contributed by atoms with Crippen molar-refractivity contribution in [1.82, 2.24) is 14.9 Å². The molecule has 0 saturated carbocycles. The van der Waals surface area contributed by atoms with E-state index in [0.29, 0.717) is 16.4 Å². The van der Waals surface area contributed by atoms with Gasteiger partial charge in [0.15, 0.2) is 5.76 Å². The summed E-state index contributed by atoms with van der Waals surface area (Å²) in [5.74, 6) is 0.754. The van der Waals surface area contributed by atoms with Crippen molar-refractivity contribution in [3.63, 3.8) is 0 Å². The Hall–Kier alpha value is -2.67. The van der Waals surface area contributed by atoms with Crippen molar-refractivity contribution in [2.24, 2.45) is 0 Å². The van der Waals surface area contributed by atoms with Gasteiger partial charge in [-0.25, -0.2) is 9.77 Å². The largest absolute Gasteiger partial charge is 0.461 e. The van der Waals surface area contributed by atoms with Crippen LogP contribution in [0.15, 0.2) is 47.1 Å². The molecule has 0 fully saturated rings. The van der Waals surface area contributed by atoms with Crippen molar-refractivity contribution in [1.29, 1.82) is 0 Å². The van der Waals surface area contributed by atoms with Crippen LogP contribution in [-0.2, 0) is 11.2 Å². The van der Waals surface area contributed by atoms with Crippen molar-refractivity contribution >= 4 is 18.1 Å². The second-order valence-electron chi connectivity index (χ2n) is 4.86. The van der Waals surface area contributed by atoms with Gasteiger partial charge in [0.2, 0.25) is 16.5 Å². The summed E-state index contributed by atoms with van der Waals surface area (Å²) < 4.78 is 6.99. The molecule has 2 heterocycles. The zero-order valence-electron chi connectivity index (χ0n) is 11.9. The molecule has 3 aromatic rings. The third-order valence-electron chi connectivity index (χ3n) is 3.14. The number of hydrogen-bond donors (Lipinski definition) is 2. The highest BCUT2D eigenvalue weighted by Gasteiger charge is 2.13. The van der Waals surface area contributed by atoms with E-state index >= 15 is 0 Å². The van der Waals surface area contributed by atoms with Gasteiger partial charge in [-0.1, -0.05) is 29.8 Å². The summed E-state index contributed by atoms with van der Waals surface area (Å²) in [4.78, 5) is 12.2. The lowest BCUT2D eigenvalue weighted by atomic mass is 10.1. The Morgan fingerprint density at radius 3 is 2.82 bits per heavy atom. The highest BCUT2D eigenvalue weighted by molar-refractivity contribution is 7.71. The number of amides is 1. The number of nitrogens with one attached hydrogen (secondary N) is 2. The molecule has 7 heteroatoms. The molecule has 22 heavy (non-hydrogen) atoms. The molecule has 112 valence electrons. The number of H-pyrrole nitrogens is 1. The van der Waals surface area contributed by atoms with Crippen LogP contribution in [0, 0.1) is 11.7 Å². The number of hydrogen-bond acceptors (Lipinski definition) is 4. The minimum absolute atomic E-state index is 0.186. The maximum Gasteiger partial charge on any atom is 0.243 e. The third kappa shape index (κ3) is 2.99. The Morgan fingerprint density at radius 2 is 2.14 bits per heavy atom. The summed E-state index contributed by atoms with van der Waals surface area (Å²) in [6, 6.07) is 11.3. The number of carbonyl (C=O) groups is 1. The van der Waals surface area contributed by atoms with Gasteiger partial charge < -0.3 is 4.42 Å². The van der Waals surface area contributed by atoms with Crippen LogP contribution in [0.25, 0.3) is 11.6 Å². The first-order valence-electron chi connectivity index (χ1n) is 6.70. The lowest BCUT2D eigenvalue weighted by molar-refractivity contribution is -0.116. The smallest absolute Gasteiger partial charge is 0.243 e. The average Bonchev–Trinajstić information content (AvgIpc) is 3.12. The lowest BCUT2D eigenvalue weighted by Crippen LogP contribution is -2.25. The third-order valence-corrected chi connectivity index (χ3v) is 3.41. The number of aryl methyl sites for hydroxylation is 1. The quantitative estimate of drug-likeness (QED) is 0.726. The fourth-order valence-electron chi connectivity index (χ4n) is 2.03. The Balaban J connectivity index is 1.78. The Labute approximate surface area is 131 Å². The van der Waals surface area contributed by atoms with Gasteiger partial charge in [0.25, 0.3) is 0 Å². The lowest BCUT2D eigenvalue weighted by Gasteiger charge is -2.07. The normalized spacial score (nSPS) is 10.6. The van der Waals surface area contributed by atoms with Crippen LogP contribution in [0.4, 0.5) is 0 Å². The molecule has 3 rings (SSSR count). The molecule has 0 saturated heterocycles. The predicted octanol–water partition coefficient (Wildman–Crippen LogP) is 2.82. The number of furan rings is 1. The van der Waals surface area contributed by atoms with E-state index in [2.05, 4.69) is 15.6 Å². The molecule has 0 bridgehead atoms. The highest BCUT2D eigenvalue weighted by atomic mass is 32.1. The summed E-state index contributed by atoms with van der Waals surface area (Å²) >= 11 is 5.14. The van der Waals surface area contributed by atoms with Crippen molar-refractivity contribution in [3.05, 3.63) is 58.6 Å². The van der Waals surface area contributed by atoms with E-state index in [-0.39, 0.29) is 12.3 Å². The van der Waals surface area contributed by atoms with E-state index in [9.17, 15) is 4.79 Å². The van der Waals surface area contributed by atoms with Gasteiger partial charge in [-0.05, 0) is 36.8 Å². The Morgan fingerprint density at radius 1 is 1.36 bits per heavy atom. The van der Waals surface area contributed by atoms with Crippen LogP contribution in [0.1, 0.15) is 11.1 Å². The van der Waals surface area contributed by atoms with E-state index in [1.165, 1.54) is 10.9 Å². The maximum absolute atomic E-state index is 12.2. The van der Waals surface area contributed by atoms with Crippen LogP contribution in [0.5, 0.6) is 0 Å². The summed E-state index contributed by atoms with van der Waals surface area (Å²) in [6.07, 6.45) is 1.79. The summed E-state index contributed by atoms with van der Waals surface area (Å²) in [7, 11) is 0. The number of carbonyl (C=O) groups excluding carboxylic acids is 1. The van der Waals surface area contributed by atoms with E-state index in [0.717, 1.165) is 11.1 Å². The minimum atomic E-state index is -0.186. The van der Waals surface area contributed by atoms with Crippen molar-refractivity contribution in [3.8, 4) is 11.6 Å². The van der Waals surface area contributed by atoms with Gasteiger partial charge in [-0.3, -0.25) is 10.2 Å². The molecule has 0 aliphatic heterocycles. The fourth-order valence-corrected chi connectivity index (χ4v) is 2.21. The van der Waals surface area contributed by atoms with Crippen molar-refractivity contribution in [2.45, 2.75) is 13.3 Å². The van der Waals surface area contributed by atoms with Gasteiger partial charge in [-0.2, -0.15) is 0 Å². The zero-order valence-corrected chi connectivity index (χ0v) is 12.7. The summed E-state index contributed by atoms with van der Waals surface area (Å²) in [5, 5.41) is 6.71. The molecule has 2 N–H and O–H groups in total. The Kier molecular flexibility index (Phi) is 3.88. The van der Waals surface area contributed by atoms with Crippen LogP contribution >= 0.6 is 12.2 Å². The average molecular weight is 314 g/mol. The molecule has 0 spiro atoms. The molecule has 0 atom stereocenters. The number of rotatable bonds is 4. The van der Waals surface area contributed by atoms with Gasteiger partial charge in [0.1, 0.15) is 0 Å². The second-order valence-corrected chi connectivity index (χ2v) is 5.25. The molecular weight excluding hydrogens is 300 g/mol. The summed E-state index contributed by atoms with van der Waals surface area (Å²) in [6.45, 7) is 2.00. The number of aromatic nitrogens is 3. The molecule has 1 amide bonds.